The second-order valence-electron chi connectivity index (χ2n) is 6.90. The molecule has 0 bridgehead atoms. The lowest BCUT2D eigenvalue weighted by Gasteiger charge is -2.46. The van der Waals surface area contributed by atoms with Crippen molar-refractivity contribution in [2.75, 3.05) is 45.2 Å². The van der Waals surface area contributed by atoms with E-state index in [-0.39, 0.29) is 5.69 Å². The summed E-state index contributed by atoms with van der Waals surface area (Å²) >= 11 is 0. The Balaban J connectivity index is 1.69. The molecule has 126 valence electrons. The third-order valence-corrected chi connectivity index (χ3v) is 5.60. The van der Waals surface area contributed by atoms with Crippen molar-refractivity contribution in [1.29, 1.82) is 0 Å². The normalized spacial score (nSPS) is 21.4. The van der Waals surface area contributed by atoms with Gasteiger partial charge in [0, 0.05) is 30.9 Å². The molecule has 0 aromatic heterocycles. The highest BCUT2D eigenvalue weighted by molar-refractivity contribution is 5.59. The number of hydrogen-bond acceptors (Lipinski definition) is 5. The van der Waals surface area contributed by atoms with Gasteiger partial charge < -0.3 is 14.5 Å². The van der Waals surface area contributed by atoms with Crippen molar-refractivity contribution in [3.63, 3.8) is 0 Å². The maximum atomic E-state index is 11.0. The first kappa shape index (κ1) is 16.1. The summed E-state index contributed by atoms with van der Waals surface area (Å²) in [5, 5.41) is 11.0. The van der Waals surface area contributed by atoms with Gasteiger partial charge >= 0.3 is 5.69 Å². The van der Waals surface area contributed by atoms with Crippen LogP contribution >= 0.6 is 0 Å². The van der Waals surface area contributed by atoms with Crippen LogP contribution in [0.2, 0.25) is 0 Å². The van der Waals surface area contributed by atoms with Gasteiger partial charge in [-0.15, -0.1) is 0 Å². The fourth-order valence-electron chi connectivity index (χ4n) is 3.85. The summed E-state index contributed by atoms with van der Waals surface area (Å²) < 4.78 is 5.19. The number of ether oxygens (including phenoxy) is 1. The average Bonchev–Trinajstić information content (AvgIpc) is 2.58. The topological polar surface area (TPSA) is 58.8 Å². The minimum Gasteiger partial charge on any atom is -0.490 e. The molecule has 2 aliphatic rings. The predicted octanol–water partition coefficient (Wildman–Crippen LogP) is 2.92. The largest absolute Gasteiger partial charge is 0.490 e. The first-order chi connectivity index (χ1) is 11.0. The number of piperidine rings is 2. The minimum atomic E-state index is -0.396. The highest BCUT2D eigenvalue weighted by Gasteiger charge is 2.37. The quantitative estimate of drug-likeness (QED) is 0.633. The van der Waals surface area contributed by atoms with Crippen molar-refractivity contribution in [3.8, 4) is 5.75 Å². The van der Waals surface area contributed by atoms with Gasteiger partial charge in [-0.3, -0.25) is 10.1 Å². The van der Waals surface area contributed by atoms with Gasteiger partial charge in [0.15, 0.2) is 5.75 Å². The van der Waals surface area contributed by atoms with Gasteiger partial charge in [0.1, 0.15) is 0 Å². The summed E-state index contributed by atoms with van der Waals surface area (Å²) in [6.45, 7) is 4.44. The molecule has 0 unspecified atom stereocenters. The minimum absolute atomic E-state index is 0.0278. The molecule has 2 fully saturated rings. The third-order valence-electron chi connectivity index (χ3n) is 5.60. The average molecular weight is 319 g/mol. The first-order valence-corrected chi connectivity index (χ1v) is 8.29. The molecule has 2 saturated heterocycles. The van der Waals surface area contributed by atoms with Crippen molar-refractivity contribution in [3.05, 3.63) is 28.3 Å². The lowest BCUT2D eigenvalue weighted by Crippen LogP contribution is -2.46. The molecular formula is C17H25N3O3. The molecule has 0 radical (unpaired) electrons. The van der Waals surface area contributed by atoms with Gasteiger partial charge in [0.2, 0.25) is 0 Å². The maximum absolute atomic E-state index is 11.0. The van der Waals surface area contributed by atoms with E-state index in [2.05, 4.69) is 16.8 Å². The molecule has 23 heavy (non-hydrogen) atoms. The third kappa shape index (κ3) is 3.27. The Kier molecular flexibility index (Phi) is 4.43. The fraction of sp³-hybridized carbons (Fsp3) is 0.647. The Labute approximate surface area is 137 Å². The Morgan fingerprint density at radius 3 is 2.30 bits per heavy atom. The zero-order chi connectivity index (χ0) is 16.4. The number of methoxy groups -OCH3 is 1. The highest BCUT2D eigenvalue weighted by Crippen LogP contribution is 2.42. The lowest BCUT2D eigenvalue weighted by molar-refractivity contribution is -0.385. The summed E-state index contributed by atoms with van der Waals surface area (Å²) in [5.74, 6) is 0.340. The van der Waals surface area contributed by atoms with Crippen LogP contribution < -0.4 is 9.64 Å². The molecule has 0 amide bonds. The molecule has 1 aromatic rings. The van der Waals surface area contributed by atoms with Crippen LogP contribution in [0, 0.1) is 15.5 Å². The first-order valence-electron chi connectivity index (χ1n) is 8.29. The molecule has 0 saturated carbocycles. The number of rotatable bonds is 3. The molecule has 2 aliphatic heterocycles. The standard InChI is InChI=1S/C17H25N3O3/c1-18-9-5-17(6-10-18)7-11-19(12-8-17)14-3-4-15(20(21)22)16(13-14)23-2/h3-4,13H,5-12H2,1-2H3. The van der Waals surface area contributed by atoms with E-state index in [1.165, 1.54) is 45.9 Å². The van der Waals surface area contributed by atoms with E-state index >= 15 is 0 Å². The summed E-state index contributed by atoms with van der Waals surface area (Å²) in [6, 6.07) is 5.19. The van der Waals surface area contributed by atoms with Crippen LogP contribution in [0.15, 0.2) is 18.2 Å². The van der Waals surface area contributed by atoms with Gasteiger partial charge in [-0.25, -0.2) is 0 Å². The second-order valence-corrected chi connectivity index (χ2v) is 6.90. The van der Waals surface area contributed by atoms with E-state index < -0.39 is 4.92 Å². The lowest BCUT2D eigenvalue weighted by atomic mass is 9.71. The number of nitrogens with zero attached hydrogens (tertiary/aromatic N) is 3. The van der Waals surface area contributed by atoms with Crippen LogP contribution in [0.4, 0.5) is 11.4 Å². The molecule has 0 atom stereocenters. The number of likely N-dealkylation sites (tertiary alicyclic amines) is 1. The number of nitro benzene ring substituents is 1. The van der Waals surface area contributed by atoms with Gasteiger partial charge in [0.25, 0.3) is 0 Å². The van der Waals surface area contributed by atoms with E-state index in [9.17, 15) is 10.1 Å². The van der Waals surface area contributed by atoms with Crippen LogP contribution in [-0.4, -0.2) is 50.2 Å². The highest BCUT2D eigenvalue weighted by atomic mass is 16.6. The van der Waals surface area contributed by atoms with E-state index in [1.54, 1.807) is 12.1 Å². The van der Waals surface area contributed by atoms with E-state index in [0.717, 1.165) is 18.8 Å². The smallest absolute Gasteiger partial charge is 0.311 e. The molecule has 6 heteroatoms. The molecule has 0 N–H and O–H groups in total. The van der Waals surface area contributed by atoms with Gasteiger partial charge in [-0.1, -0.05) is 0 Å². The zero-order valence-electron chi connectivity index (χ0n) is 14.0. The van der Waals surface area contributed by atoms with Gasteiger partial charge in [-0.2, -0.15) is 0 Å². The van der Waals surface area contributed by atoms with Crippen molar-refractivity contribution < 1.29 is 9.66 Å². The van der Waals surface area contributed by atoms with E-state index in [0.29, 0.717) is 11.2 Å². The Bertz CT molecular complexity index is 572. The van der Waals surface area contributed by atoms with Crippen molar-refractivity contribution in [2.24, 2.45) is 5.41 Å². The van der Waals surface area contributed by atoms with Gasteiger partial charge in [-0.05, 0) is 57.3 Å². The van der Waals surface area contributed by atoms with Crippen LogP contribution in [0.1, 0.15) is 25.7 Å². The Morgan fingerprint density at radius 2 is 1.74 bits per heavy atom. The van der Waals surface area contributed by atoms with Crippen molar-refractivity contribution in [1.82, 2.24) is 4.90 Å². The summed E-state index contributed by atoms with van der Waals surface area (Å²) in [7, 11) is 3.68. The maximum Gasteiger partial charge on any atom is 0.311 e. The summed E-state index contributed by atoms with van der Waals surface area (Å²) in [4.78, 5) is 15.4. The number of nitro groups is 1. The zero-order valence-corrected chi connectivity index (χ0v) is 14.0. The van der Waals surface area contributed by atoms with E-state index in [4.69, 9.17) is 4.74 Å². The molecule has 1 aromatic carbocycles. The monoisotopic (exact) mass is 319 g/mol. The molecule has 3 rings (SSSR count). The summed E-state index contributed by atoms with van der Waals surface area (Å²) in [5.41, 5.74) is 1.56. The molecular weight excluding hydrogens is 294 g/mol. The molecule has 2 heterocycles. The van der Waals surface area contributed by atoms with Crippen LogP contribution in [0.3, 0.4) is 0 Å². The second kappa shape index (κ2) is 6.35. The summed E-state index contributed by atoms with van der Waals surface area (Å²) in [6.07, 6.45) is 5.00. The molecule has 0 aliphatic carbocycles. The predicted molar refractivity (Wildman–Crippen MR) is 90.3 cm³/mol. The van der Waals surface area contributed by atoms with Crippen molar-refractivity contribution in [2.45, 2.75) is 25.7 Å². The molecule has 1 spiro atoms. The van der Waals surface area contributed by atoms with Crippen LogP contribution in [-0.2, 0) is 0 Å². The van der Waals surface area contributed by atoms with Crippen LogP contribution in [0.25, 0.3) is 0 Å². The fourth-order valence-corrected chi connectivity index (χ4v) is 3.85. The SMILES string of the molecule is COc1cc(N2CCC3(CCN(C)CC3)CC2)ccc1[N+](=O)[O-]. The number of hydrogen-bond donors (Lipinski definition) is 0. The van der Waals surface area contributed by atoms with Crippen LogP contribution in [0.5, 0.6) is 5.75 Å². The van der Waals surface area contributed by atoms with Crippen molar-refractivity contribution >= 4 is 11.4 Å². The Hall–Kier alpha value is -1.82. The van der Waals surface area contributed by atoms with E-state index in [1.807, 2.05) is 6.07 Å². The van der Waals surface area contributed by atoms with Gasteiger partial charge in [0.05, 0.1) is 12.0 Å². The number of anilines is 1. The number of benzene rings is 1. The Morgan fingerprint density at radius 1 is 1.13 bits per heavy atom. The molecule has 6 nitrogen and oxygen atoms in total.